The summed E-state index contributed by atoms with van der Waals surface area (Å²) >= 11 is 4.24. The molecule has 8 nitrogen and oxygen atoms in total. The summed E-state index contributed by atoms with van der Waals surface area (Å²) < 4.78 is 39.5. The Morgan fingerprint density at radius 1 is 0.667 bits per heavy atom. The number of carbonyl (C=O) groups is 1. The van der Waals surface area contributed by atoms with Crippen molar-refractivity contribution in [2.45, 2.75) is 163 Å². The summed E-state index contributed by atoms with van der Waals surface area (Å²) in [5.41, 5.74) is -1.02. The molecule has 350 valence electrons. The molecule has 0 radical (unpaired) electrons. The third-order valence-electron chi connectivity index (χ3n) is 12.3. The standard InChI is InChI=1S/C19H18BrP.C12H20O3.C11H18O4.C4H8O.C4H9.2CH4.Li/c1-21(20,17-11-5-2-6-12-17,18-13-7-3-8-14-18)19-15-9-4-10-16-19;1-6-12(7-2)8(3)9-10(15-12)14-11(4,5)13-9;1-5-11(6-12)7(2)8-9(15-11)14-10(3,4)13-8;1-2-4-5-3-1;1-3-4-2;;;/h2-16H,1H3;6,8-10H,1,7H2,2-5H3;6-9H,5H2,1-4H3;1-4H2;1,3-4H2,2H3;2*1H4;/q;;;;-1;;;+1/t;8-,9+,10-,12+;7-,8+,9-,11-;;;;;/m.00...../s1. The summed E-state index contributed by atoms with van der Waals surface area (Å²) in [4.78, 5) is 11.1. The van der Waals surface area contributed by atoms with Crippen molar-refractivity contribution in [1.29, 1.82) is 0 Å². The van der Waals surface area contributed by atoms with Crippen molar-refractivity contribution < 1.29 is 56.8 Å². The first-order valence-corrected chi connectivity index (χ1v) is 26.6. The first-order chi connectivity index (χ1) is 28.4. The van der Waals surface area contributed by atoms with Crippen molar-refractivity contribution in [3.8, 4) is 0 Å². The van der Waals surface area contributed by atoms with E-state index in [-0.39, 0.29) is 69.6 Å². The van der Waals surface area contributed by atoms with Crippen LogP contribution in [0.25, 0.3) is 0 Å². The van der Waals surface area contributed by atoms with Crippen LogP contribution in [0.4, 0.5) is 0 Å². The minimum atomic E-state index is -2.56. The molecule has 5 heterocycles. The van der Waals surface area contributed by atoms with Gasteiger partial charge in [-0.05, 0) is 53.4 Å². The summed E-state index contributed by atoms with van der Waals surface area (Å²) in [5.74, 6) is -0.810. The average Bonchev–Trinajstić information content (AvgIpc) is 4.09. The number of hydrogen-bond donors (Lipinski definition) is 0. The minimum Gasteiger partial charge on any atom is -0.343 e. The molecule has 5 fully saturated rings. The zero-order chi connectivity index (χ0) is 44.3. The van der Waals surface area contributed by atoms with E-state index in [1.807, 2.05) is 47.6 Å². The van der Waals surface area contributed by atoms with Gasteiger partial charge in [0, 0.05) is 25.0 Å². The number of fused-ring (bicyclic) bond motifs is 2. The van der Waals surface area contributed by atoms with Gasteiger partial charge < -0.3 is 44.9 Å². The van der Waals surface area contributed by atoms with Crippen LogP contribution in [0.1, 0.15) is 116 Å². The Morgan fingerprint density at radius 2 is 1.00 bits per heavy atom. The van der Waals surface area contributed by atoms with Gasteiger partial charge in [0.05, 0.1) is 5.60 Å². The van der Waals surface area contributed by atoms with Gasteiger partial charge in [-0.25, -0.2) is 0 Å². The molecule has 5 aliphatic heterocycles. The molecular weight excluding hydrogens is 870 g/mol. The number of hydrogen-bond acceptors (Lipinski definition) is 8. The Kier molecular flexibility index (Phi) is 23.9. The summed E-state index contributed by atoms with van der Waals surface area (Å²) in [5, 5.41) is 1.48. The third kappa shape index (κ3) is 13.7. The van der Waals surface area contributed by atoms with Crippen molar-refractivity contribution in [3.63, 3.8) is 0 Å². The molecule has 5 aliphatic rings. The van der Waals surface area contributed by atoms with E-state index >= 15 is 0 Å². The summed E-state index contributed by atoms with van der Waals surface area (Å²) in [6.45, 7) is 29.7. The predicted octanol–water partition coefficient (Wildman–Crippen LogP) is 9.09. The molecule has 0 amide bonds. The molecule has 0 N–H and O–H groups in total. The Labute approximate surface area is 403 Å². The fourth-order valence-corrected chi connectivity index (χ4v) is 14.0. The quantitative estimate of drug-likeness (QED) is 0.0728. The van der Waals surface area contributed by atoms with E-state index in [2.05, 4.69) is 147 Å². The van der Waals surface area contributed by atoms with Crippen LogP contribution in [0.15, 0.2) is 104 Å². The molecule has 5 saturated heterocycles. The Hall–Kier alpha value is -1.70. The van der Waals surface area contributed by atoms with Crippen molar-refractivity contribution in [2.24, 2.45) is 11.8 Å². The molecule has 0 unspecified atom stereocenters. The zero-order valence-corrected chi connectivity index (χ0v) is 41.4. The van der Waals surface area contributed by atoms with Gasteiger partial charge in [0.25, 0.3) is 0 Å². The van der Waals surface area contributed by atoms with E-state index in [0.29, 0.717) is 6.42 Å². The van der Waals surface area contributed by atoms with Crippen LogP contribution in [0.2, 0.25) is 0 Å². The van der Waals surface area contributed by atoms with Gasteiger partial charge >= 0.3 is 153 Å². The van der Waals surface area contributed by atoms with Crippen LogP contribution in [-0.4, -0.2) is 73.7 Å². The maximum absolute atomic E-state index is 11.1. The summed E-state index contributed by atoms with van der Waals surface area (Å²) in [6.07, 6.45) is 8.40. The van der Waals surface area contributed by atoms with Crippen molar-refractivity contribution in [1.82, 2.24) is 0 Å². The van der Waals surface area contributed by atoms with Crippen molar-refractivity contribution in [2.75, 3.05) is 19.9 Å². The monoisotopic (exact) mass is 951 g/mol. The first-order valence-electron chi connectivity index (χ1n) is 21.9. The molecule has 3 aromatic rings. The summed E-state index contributed by atoms with van der Waals surface area (Å²) in [6, 6.07) is 32.3. The van der Waals surface area contributed by atoms with E-state index in [1.165, 1.54) is 35.2 Å². The van der Waals surface area contributed by atoms with E-state index in [1.54, 1.807) is 0 Å². The molecule has 0 aliphatic carbocycles. The molecule has 11 heteroatoms. The molecule has 3 aromatic carbocycles. The van der Waals surface area contributed by atoms with Gasteiger partial charge in [0.15, 0.2) is 30.4 Å². The van der Waals surface area contributed by atoms with Gasteiger partial charge in [-0.2, -0.15) is 6.42 Å². The predicted molar refractivity (Wildman–Crippen MR) is 264 cm³/mol. The smallest absolute Gasteiger partial charge is 0.343 e. The molecule has 0 spiro atoms. The molecule has 0 saturated carbocycles. The number of rotatable bonds is 8. The number of carbonyl (C=O) groups excluding carboxylic acids is 1. The zero-order valence-electron chi connectivity index (χ0n) is 38.9. The first kappa shape index (κ1) is 59.3. The molecule has 8 rings (SSSR count). The largest absolute Gasteiger partial charge is 1.00 e. The van der Waals surface area contributed by atoms with Crippen LogP contribution in [-0.2, 0) is 38.0 Å². The molecule has 0 bridgehead atoms. The van der Waals surface area contributed by atoms with Crippen LogP contribution in [0.5, 0.6) is 0 Å². The van der Waals surface area contributed by atoms with Crippen LogP contribution in [0, 0.1) is 18.8 Å². The molecular formula is C52H81BrLiO8P. The van der Waals surface area contributed by atoms with Crippen molar-refractivity contribution >= 4 is 43.0 Å². The number of unbranched alkanes of at least 4 members (excludes halogenated alkanes) is 1. The van der Waals surface area contributed by atoms with Crippen LogP contribution in [0.3, 0.4) is 0 Å². The maximum Gasteiger partial charge on any atom is 1.00 e. The second kappa shape index (κ2) is 25.4. The van der Waals surface area contributed by atoms with Gasteiger partial charge in [-0.1, -0.05) is 62.0 Å². The number of halogens is 1. The average molecular weight is 952 g/mol. The van der Waals surface area contributed by atoms with E-state index < -0.39 is 28.8 Å². The number of ether oxygens (including phenoxy) is 7. The number of aldehydes is 1. The fraction of sp³-hybridized carbons (Fsp3) is 0.577. The second-order valence-corrected chi connectivity index (χ2v) is 27.0. The topological polar surface area (TPSA) is 81.7 Å². The van der Waals surface area contributed by atoms with E-state index in [9.17, 15) is 4.79 Å². The van der Waals surface area contributed by atoms with Gasteiger partial charge in [-0.3, -0.25) is 0 Å². The minimum absolute atomic E-state index is 0. The van der Waals surface area contributed by atoms with Crippen molar-refractivity contribution in [3.05, 3.63) is 111 Å². The SMILES string of the molecule is C.C.C1CCOC1.C=C[C@]1(CC)O[C@@H]2OC(C)(C)O[C@@H]2[C@@H]1C.CC[C@@]1(C=O)O[C@@H]2OC(C)(C)O[C@@H]2[C@@H]1C.CP(Br)(c1ccccc1)(c1ccccc1)c1ccccc1.[CH2-]CCC.[Li+]. The Balaban J connectivity index is 0.000000426. The van der Waals surface area contributed by atoms with Crippen LogP contribution >= 0.6 is 20.8 Å². The molecule has 63 heavy (non-hydrogen) atoms. The third-order valence-corrected chi connectivity index (χ3v) is 20.6. The van der Waals surface area contributed by atoms with Crippen LogP contribution < -0.4 is 34.8 Å². The normalized spacial score (nSPS) is 29.6. The summed E-state index contributed by atoms with van der Waals surface area (Å²) in [7, 11) is 0. The Morgan fingerprint density at radius 3 is 1.25 bits per heavy atom. The fourth-order valence-electron chi connectivity index (χ4n) is 8.29. The second-order valence-electron chi connectivity index (χ2n) is 17.3. The number of benzene rings is 3. The van der Waals surface area contributed by atoms with Gasteiger partial charge in [0.2, 0.25) is 0 Å². The maximum atomic E-state index is 11.1. The van der Waals surface area contributed by atoms with Gasteiger partial charge in [-0.15, -0.1) is 6.58 Å². The molecule has 0 aromatic heterocycles. The van der Waals surface area contributed by atoms with E-state index in [0.717, 1.165) is 32.3 Å². The Bertz CT molecular complexity index is 1590. The molecule has 8 atom stereocenters. The van der Waals surface area contributed by atoms with Gasteiger partial charge in [0.1, 0.15) is 17.8 Å². The van der Waals surface area contributed by atoms with E-state index in [4.69, 9.17) is 33.2 Å².